The highest BCUT2D eigenvalue weighted by Crippen LogP contribution is 2.30. The van der Waals surface area contributed by atoms with Crippen LogP contribution in [0.4, 0.5) is 5.69 Å². The number of nitrogen functional groups attached to an aromatic ring is 1. The van der Waals surface area contributed by atoms with Gasteiger partial charge >= 0.3 is 0 Å². The van der Waals surface area contributed by atoms with Gasteiger partial charge in [-0.05, 0) is 35.7 Å². The van der Waals surface area contributed by atoms with E-state index in [4.69, 9.17) is 11.0 Å². The van der Waals surface area contributed by atoms with Crippen LogP contribution in [0.1, 0.15) is 31.9 Å². The molecule has 0 aliphatic heterocycles. The standard InChI is InChI=1S/C17H15N3.C2H3N.C2H6/c1-3-12-4-5-13(8-11(12)2)15-9-14(18)10-16-17(15)20-7-6-19-16;1-2-3;1-2/h3-10H,1,18H2,2H3;1H3;1-2H3. The van der Waals surface area contributed by atoms with Gasteiger partial charge < -0.3 is 5.73 Å². The summed E-state index contributed by atoms with van der Waals surface area (Å²) in [5, 5.41) is 7.32. The number of nitrogens with zero attached hydrogens (tertiary/aromatic N) is 3. The molecule has 2 N–H and O–H groups in total. The Labute approximate surface area is 149 Å². The van der Waals surface area contributed by atoms with Crippen molar-refractivity contribution in [2.24, 2.45) is 0 Å². The number of rotatable bonds is 2. The number of anilines is 1. The summed E-state index contributed by atoms with van der Waals surface area (Å²) in [6.45, 7) is 11.3. The summed E-state index contributed by atoms with van der Waals surface area (Å²) in [6.07, 6.45) is 5.24. The first-order valence-corrected chi connectivity index (χ1v) is 8.15. The highest BCUT2D eigenvalue weighted by Gasteiger charge is 2.08. The van der Waals surface area contributed by atoms with Crippen molar-refractivity contribution in [1.82, 2.24) is 9.97 Å². The van der Waals surface area contributed by atoms with Crippen molar-refractivity contribution in [1.29, 1.82) is 5.26 Å². The Morgan fingerprint density at radius 3 is 2.36 bits per heavy atom. The number of hydrogen-bond donors (Lipinski definition) is 1. The summed E-state index contributed by atoms with van der Waals surface area (Å²) in [4.78, 5) is 8.76. The molecule has 0 spiro atoms. The average Bonchev–Trinajstić information content (AvgIpc) is 2.63. The molecule has 0 fully saturated rings. The molecule has 0 bridgehead atoms. The van der Waals surface area contributed by atoms with Gasteiger partial charge in [-0.1, -0.05) is 44.7 Å². The average molecular weight is 332 g/mol. The van der Waals surface area contributed by atoms with Crippen LogP contribution in [0.2, 0.25) is 0 Å². The Morgan fingerprint density at radius 1 is 1.12 bits per heavy atom. The lowest BCUT2D eigenvalue weighted by atomic mass is 9.98. The first-order valence-electron chi connectivity index (χ1n) is 8.15. The smallest absolute Gasteiger partial charge is 0.0966 e. The van der Waals surface area contributed by atoms with Crippen molar-refractivity contribution in [2.75, 3.05) is 5.73 Å². The third kappa shape index (κ3) is 4.89. The van der Waals surface area contributed by atoms with Gasteiger partial charge in [-0.3, -0.25) is 9.97 Å². The van der Waals surface area contributed by atoms with Crippen LogP contribution in [0, 0.1) is 18.3 Å². The van der Waals surface area contributed by atoms with Gasteiger partial charge in [0.2, 0.25) is 0 Å². The second-order valence-electron chi connectivity index (χ2n) is 4.99. The molecule has 1 heterocycles. The van der Waals surface area contributed by atoms with Crippen molar-refractivity contribution in [3.8, 4) is 17.2 Å². The summed E-state index contributed by atoms with van der Waals surface area (Å²) >= 11 is 0. The predicted octanol–water partition coefficient (Wildman–Crippen LogP) is 5.39. The van der Waals surface area contributed by atoms with E-state index in [-0.39, 0.29) is 0 Å². The molecule has 2 aromatic carbocycles. The van der Waals surface area contributed by atoms with E-state index in [1.54, 1.807) is 18.5 Å². The largest absolute Gasteiger partial charge is 0.399 e. The van der Waals surface area contributed by atoms with E-state index < -0.39 is 0 Å². The number of benzene rings is 2. The van der Waals surface area contributed by atoms with E-state index >= 15 is 0 Å². The van der Waals surface area contributed by atoms with Gasteiger partial charge in [0, 0.05) is 30.6 Å². The molecular formula is C21H24N4. The Balaban J connectivity index is 0.000000567. The lowest BCUT2D eigenvalue weighted by Gasteiger charge is -2.09. The lowest BCUT2D eigenvalue weighted by Crippen LogP contribution is -1.92. The summed E-state index contributed by atoms with van der Waals surface area (Å²) in [5.41, 5.74) is 12.8. The van der Waals surface area contributed by atoms with Gasteiger partial charge in [0.05, 0.1) is 17.1 Å². The fraction of sp³-hybridized carbons (Fsp3) is 0.190. The lowest BCUT2D eigenvalue weighted by molar-refractivity contribution is 1.29. The van der Waals surface area contributed by atoms with E-state index in [1.165, 1.54) is 12.5 Å². The first kappa shape index (κ1) is 19.9. The van der Waals surface area contributed by atoms with Gasteiger partial charge in [-0.25, -0.2) is 0 Å². The summed E-state index contributed by atoms with van der Waals surface area (Å²) in [5.74, 6) is 0. The molecule has 0 aliphatic rings. The molecule has 0 saturated heterocycles. The molecule has 128 valence electrons. The molecule has 25 heavy (non-hydrogen) atoms. The number of nitriles is 1. The molecule has 0 saturated carbocycles. The van der Waals surface area contributed by atoms with Gasteiger partial charge in [-0.2, -0.15) is 5.26 Å². The highest BCUT2D eigenvalue weighted by atomic mass is 14.8. The van der Waals surface area contributed by atoms with Crippen LogP contribution in [0.25, 0.3) is 28.2 Å². The van der Waals surface area contributed by atoms with Crippen LogP contribution in [0.5, 0.6) is 0 Å². The van der Waals surface area contributed by atoms with Crippen molar-refractivity contribution >= 4 is 22.8 Å². The maximum absolute atomic E-state index is 7.32. The first-order chi connectivity index (χ1) is 12.1. The van der Waals surface area contributed by atoms with E-state index in [0.29, 0.717) is 5.69 Å². The highest BCUT2D eigenvalue weighted by molar-refractivity contribution is 5.94. The molecule has 0 unspecified atom stereocenters. The minimum Gasteiger partial charge on any atom is -0.399 e. The molecule has 0 aliphatic carbocycles. The fourth-order valence-corrected chi connectivity index (χ4v) is 2.39. The topological polar surface area (TPSA) is 75.6 Å². The Bertz CT molecular complexity index is 892. The van der Waals surface area contributed by atoms with Crippen molar-refractivity contribution in [3.05, 3.63) is 60.4 Å². The van der Waals surface area contributed by atoms with Crippen molar-refractivity contribution in [3.63, 3.8) is 0 Å². The minimum absolute atomic E-state index is 0.693. The quantitative estimate of drug-likeness (QED) is 0.639. The zero-order valence-electron chi connectivity index (χ0n) is 15.2. The van der Waals surface area contributed by atoms with Gasteiger partial charge in [0.15, 0.2) is 0 Å². The molecular weight excluding hydrogens is 308 g/mol. The Hall–Kier alpha value is -3.19. The van der Waals surface area contributed by atoms with Gasteiger partial charge in [0.25, 0.3) is 0 Å². The maximum atomic E-state index is 7.32. The van der Waals surface area contributed by atoms with Crippen molar-refractivity contribution < 1.29 is 0 Å². The third-order valence-electron chi connectivity index (χ3n) is 3.40. The van der Waals surface area contributed by atoms with E-state index in [0.717, 1.165) is 27.7 Å². The SMILES string of the molecule is C=Cc1ccc(-c2cc(N)cc3nccnc23)cc1C.CC.CC#N. The molecule has 0 amide bonds. The molecule has 0 radical (unpaired) electrons. The number of aryl methyl sites for hydroxylation is 1. The Kier molecular flexibility index (Phi) is 7.81. The molecule has 1 aromatic heterocycles. The van der Waals surface area contributed by atoms with Gasteiger partial charge in [0.1, 0.15) is 0 Å². The van der Waals surface area contributed by atoms with E-state index in [9.17, 15) is 0 Å². The van der Waals surface area contributed by atoms with Crippen LogP contribution in [0.15, 0.2) is 49.3 Å². The van der Waals surface area contributed by atoms with Crippen LogP contribution >= 0.6 is 0 Å². The second-order valence-corrected chi connectivity index (χ2v) is 4.99. The molecule has 3 aromatic rings. The number of nitrogens with two attached hydrogens (primary N) is 1. The zero-order valence-corrected chi connectivity index (χ0v) is 15.2. The molecule has 4 heteroatoms. The van der Waals surface area contributed by atoms with Gasteiger partial charge in [-0.15, -0.1) is 0 Å². The van der Waals surface area contributed by atoms with E-state index in [2.05, 4.69) is 41.7 Å². The third-order valence-corrected chi connectivity index (χ3v) is 3.40. The molecule has 3 rings (SSSR count). The van der Waals surface area contributed by atoms with Crippen molar-refractivity contribution in [2.45, 2.75) is 27.7 Å². The van der Waals surface area contributed by atoms with Crippen LogP contribution in [0.3, 0.4) is 0 Å². The maximum Gasteiger partial charge on any atom is 0.0966 e. The summed E-state index contributed by atoms with van der Waals surface area (Å²) in [7, 11) is 0. The predicted molar refractivity (Wildman–Crippen MR) is 107 cm³/mol. The van der Waals surface area contributed by atoms with Crippen LogP contribution < -0.4 is 5.73 Å². The monoisotopic (exact) mass is 332 g/mol. The second kappa shape index (κ2) is 9.84. The van der Waals surface area contributed by atoms with Crippen LogP contribution in [-0.2, 0) is 0 Å². The van der Waals surface area contributed by atoms with E-state index in [1.807, 2.05) is 32.1 Å². The summed E-state index contributed by atoms with van der Waals surface area (Å²) in [6, 6.07) is 11.8. The minimum atomic E-state index is 0.693. The molecule has 4 nitrogen and oxygen atoms in total. The number of fused-ring (bicyclic) bond motifs is 1. The zero-order chi connectivity index (χ0) is 18.8. The van der Waals surface area contributed by atoms with Crippen LogP contribution in [-0.4, -0.2) is 9.97 Å². The Morgan fingerprint density at radius 2 is 1.76 bits per heavy atom. The molecule has 0 atom stereocenters. The number of hydrogen-bond acceptors (Lipinski definition) is 4. The fourth-order valence-electron chi connectivity index (χ4n) is 2.39. The summed E-state index contributed by atoms with van der Waals surface area (Å²) < 4.78 is 0. The number of aromatic nitrogens is 2. The normalized spacial score (nSPS) is 9.08.